The Morgan fingerprint density at radius 3 is 2.07 bits per heavy atom. The molecule has 9 heteroatoms. The molecular formula is C37H42ClN3O4S. The van der Waals surface area contributed by atoms with Gasteiger partial charge in [0.05, 0.1) is 10.6 Å². The summed E-state index contributed by atoms with van der Waals surface area (Å²) in [5.74, 6) is -0.891. The van der Waals surface area contributed by atoms with Gasteiger partial charge < -0.3 is 10.2 Å². The fourth-order valence-electron chi connectivity index (χ4n) is 5.16. The smallest absolute Gasteiger partial charge is 0.264 e. The number of hydrogen-bond acceptors (Lipinski definition) is 4. The van der Waals surface area contributed by atoms with Crippen molar-refractivity contribution in [2.24, 2.45) is 0 Å². The molecule has 0 bridgehead atoms. The quantitative estimate of drug-likeness (QED) is 0.188. The zero-order chi connectivity index (χ0) is 33.6. The Hall–Kier alpha value is -4.14. The van der Waals surface area contributed by atoms with Crippen molar-refractivity contribution >= 4 is 39.1 Å². The van der Waals surface area contributed by atoms with Gasteiger partial charge in [0.25, 0.3) is 10.0 Å². The lowest BCUT2D eigenvalue weighted by Gasteiger charge is -2.35. The Kier molecular flexibility index (Phi) is 11.0. The lowest BCUT2D eigenvalue weighted by atomic mass is 10.0. The van der Waals surface area contributed by atoms with Gasteiger partial charge in [0.15, 0.2) is 0 Å². The lowest BCUT2D eigenvalue weighted by molar-refractivity contribution is -0.140. The molecule has 1 N–H and O–H groups in total. The average Bonchev–Trinajstić information content (AvgIpc) is 2.99. The van der Waals surface area contributed by atoms with Gasteiger partial charge in [-0.15, -0.1) is 0 Å². The molecule has 4 rings (SSSR count). The number of nitrogens with zero attached hydrogens (tertiary/aromatic N) is 2. The number of sulfonamides is 1. The fourth-order valence-corrected chi connectivity index (χ4v) is 6.82. The number of amides is 2. The van der Waals surface area contributed by atoms with E-state index in [1.54, 1.807) is 48.5 Å². The van der Waals surface area contributed by atoms with Crippen molar-refractivity contribution in [3.8, 4) is 0 Å². The molecular weight excluding hydrogens is 618 g/mol. The standard InChI is InChI=1S/C37H42ClN3O4S/c1-26-17-20-31(21-18-26)46(44,45)41(33-22-27(2)16-19-28(33)3)25-35(42)40(24-30-14-10-11-15-32(30)38)34(36(43)39-37(4,5)6)23-29-12-8-7-9-13-29/h7-22,34H,23-25H2,1-6H3,(H,39,43). The summed E-state index contributed by atoms with van der Waals surface area (Å²) in [6.07, 6.45) is 0.215. The van der Waals surface area contributed by atoms with E-state index in [2.05, 4.69) is 5.32 Å². The zero-order valence-corrected chi connectivity index (χ0v) is 28.8. The van der Waals surface area contributed by atoms with E-state index in [0.29, 0.717) is 21.8 Å². The summed E-state index contributed by atoms with van der Waals surface area (Å²) in [4.78, 5) is 30.2. The van der Waals surface area contributed by atoms with Gasteiger partial charge in [-0.2, -0.15) is 0 Å². The second kappa shape index (κ2) is 14.5. The van der Waals surface area contributed by atoms with Gasteiger partial charge in [0.1, 0.15) is 12.6 Å². The van der Waals surface area contributed by atoms with Crippen molar-refractivity contribution in [2.75, 3.05) is 10.8 Å². The van der Waals surface area contributed by atoms with Crippen LogP contribution < -0.4 is 9.62 Å². The molecule has 0 aromatic heterocycles. The van der Waals surface area contributed by atoms with Gasteiger partial charge in [-0.3, -0.25) is 13.9 Å². The Bertz CT molecular complexity index is 1790. The molecule has 0 spiro atoms. The zero-order valence-electron chi connectivity index (χ0n) is 27.2. The average molecular weight is 660 g/mol. The molecule has 46 heavy (non-hydrogen) atoms. The minimum atomic E-state index is -4.19. The van der Waals surface area contributed by atoms with E-state index in [4.69, 9.17) is 11.6 Å². The molecule has 0 saturated carbocycles. The van der Waals surface area contributed by atoms with Gasteiger partial charge in [-0.05, 0) is 88.1 Å². The van der Waals surface area contributed by atoms with Gasteiger partial charge in [0.2, 0.25) is 11.8 Å². The van der Waals surface area contributed by atoms with Crippen molar-refractivity contribution in [3.05, 3.63) is 130 Å². The Morgan fingerprint density at radius 2 is 1.43 bits per heavy atom. The molecule has 0 fully saturated rings. The second-order valence-electron chi connectivity index (χ2n) is 12.7. The third-order valence-corrected chi connectivity index (χ3v) is 9.73. The van der Waals surface area contributed by atoms with Crippen LogP contribution in [-0.4, -0.2) is 43.3 Å². The van der Waals surface area contributed by atoms with Gasteiger partial charge in [-0.1, -0.05) is 90.0 Å². The van der Waals surface area contributed by atoms with E-state index in [9.17, 15) is 18.0 Å². The number of carbonyl (C=O) groups excluding carboxylic acids is 2. The van der Waals surface area contributed by atoms with E-state index < -0.39 is 34.1 Å². The summed E-state index contributed by atoms with van der Waals surface area (Å²) in [5.41, 5.74) is 3.75. The first kappa shape index (κ1) is 34.7. The van der Waals surface area contributed by atoms with Crippen LogP contribution in [-0.2, 0) is 32.6 Å². The minimum absolute atomic E-state index is 0.00120. The minimum Gasteiger partial charge on any atom is -0.350 e. The Morgan fingerprint density at radius 1 is 0.826 bits per heavy atom. The van der Waals surface area contributed by atoms with E-state index >= 15 is 0 Å². The first-order valence-corrected chi connectivity index (χ1v) is 17.0. The SMILES string of the molecule is Cc1ccc(S(=O)(=O)N(CC(=O)N(Cc2ccccc2Cl)C(Cc2ccccc2)C(=O)NC(C)(C)C)c2cc(C)ccc2C)cc1. The van der Waals surface area contributed by atoms with E-state index in [-0.39, 0.29) is 23.8 Å². The number of anilines is 1. The monoisotopic (exact) mass is 659 g/mol. The van der Waals surface area contributed by atoms with Crippen LogP contribution >= 0.6 is 11.6 Å². The molecule has 0 aliphatic rings. The first-order chi connectivity index (χ1) is 21.7. The third kappa shape index (κ3) is 8.77. The largest absolute Gasteiger partial charge is 0.350 e. The van der Waals surface area contributed by atoms with Crippen LogP contribution in [0.4, 0.5) is 5.69 Å². The van der Waals surface area contributed by atoms with Crippen molar-refractivity contribution < 1.29 is 18.0 Å². The third-order valence-electron chi connectivity index (χ3n) is 7.59. The number of carbonyl (C=O) groups is 2. The van der Waals surface area contributed by atoms with Crippen LogP contribution in [0.2, 0.25) is 5.02 Å². The summed E-state index contributed by atoms with van der Waals surface area (Å²) in [6.45, 7) is 10.7. The number of hydrogen-bond donors (Lipinski definition) is 1. The molecule has 7 nitrogen and oxygen atoms in total. The molecule has 4 aromatic rings. The number of nitrogens with one attached hydrogen (secondary N) is 1. The van der Waals surface area contributed by atoms with Gasteiger partial charge in [-0.25, -0.2) is 8.42 Å². The molecule has 0 aliphatic heterocycles. The van der Waals surface area contributed by atoms with Crippen molar-refractivity contribution in [2.45, 2.75) is 71.0 Å². The first-order valence-electron chi connectivity index (χ1n) is 15.2. The summed E-state index contributed by atoms with van der Waals surface area (Å²) in [5, 5.41) is 3.48. The predicted octanol–water partition coefficient (Wildman–Crippen LogP) is 7.02. The summed E-state index contributed by atoms with van der Waals surface area (Å²) < 4.78 is 29.8. The topological polar surface area (TPSA) is 86.8 Å². The lowest BCUT2D eigenvalue weighted by Crippen LogP contribution is -2.56. The number of halogens is 1. The summed E-state index contributed by atoms with van der Waals surface area (Å²) in [7, 11) is -4.19. The van der Waals surface area contributed by atoms with E-state index in [1.165, 1.54) is 4.90 Å². The highest BCUT2D eigenvalue weighted by Crippen LogP contribution is 2.29. The molecule has 0 heterocycles. The molecule has 4 aromatic carbocycles. The van der Waals surface area contributed by atoms with Crippen molar-refractivity contribution in [1.82, 2.24) is 10.2 Å². The Labute approximate surface area is 278 Å². The van der Waals surface area contributed by atoms with Crippen LogP contribution in [0.1, 0.15) is 48.6 Å². The molecule has 1 atom stereocenters. The number of benzene rings is 4. The highest BCUT2D eigenvalue weighted by Gasteiger charge is 2.36. The Balaban J connectivity index is 1.86. The maximum absolute atomic E-state index is 14.7. The van der Waals surface area contributed by atoms with Gasteiger partial charge >= 0.3 is 0 Å². The fraction of sp³-hybridized carbons (Fsp3) is 0.297. The maximum atomic E-state index is 14.7. The van der Waals surface area contributed by atoms with Crippen LogP contribution in [0, 0.1) is 20.8 Å². The molecule has 242 valence electrons. The maximum Gasteiger partial charge on any atom is 0.264 e. The molecule has 2 amide bonds. The van der Waals surface area contributed by atoms with Crippen LogP contribution in [0.15, 0.2) is 102 Å². The predicted molar refractivity (Wildman–Crippen MR) is 185 cm³/mol. The van der Waals surface area contributed by atoms with Crippen molar-refractivity contribution in [3.63, 3.8) is 0 Å². The number of rotatable bonds is 11. The normalized spacial score (nSPS) is 12.3. The highest BCUT2D eigenvalue weighted by atomic mass is 35.5. The van der Waals surface area contributed by atoms with E-state index in [1.807, 2.05) is 90.1 Å². The second-order valence-corrected chi connectivity index (χ2v) is 14.9. The van der Waals surface area contributed by atoms with Gasteiger partial charge in [0, 0.05) is 23.5 Å². The molecule has 0 radical (unpaired) electrons. The van der Waals surface area contributed by atoms with Crippen LogP contribution in [0.25, 0.3) is 0 Å². The molecule has 0 saturated heterocycles. The molecule has 0 aliphatic carbocycles. The van der Waals surface area contributed by atoms with E-state index in [0.717, 1.165) is 21.0 Å². The highest BCUT2D eigenvalue weighted by molar-refractivity contribution is 7.92. The van der Waals surface area contributed by atoms with Crippen molar-refractivity contribution in [1.29, 1.82) is 0 Å². The summed E-state index contributed by atoms with van der Waals surface area (Å²) >= 11 is 6.58. The summed E-state index contributed by atoms with van der Waals surface area (Å²) in [6, 6.07) is 27.7. The number of aryl methyl sites for hydroxylation is 3. The molecule has 1 unspecified atom stereocenters. The van der Waals surface area contributed by atoms with Crippen LogP contribution in [0.3, 0.4) is 0 Å². The van der Waals surface area contributed by atoms with Crippen LogP contribution in [0.5, 0.6) is 0 Å².